The lowest BCUT2D eigenvalue weighted by Gasteiger charge is -2.35. The van der Waals surface area contributed by atoms with Crippen LogP contribution in [0.15, 0.2) is 60.7 Å². The van der Waals surface area contributed by atoms with Crippen LogP contribution in [0.3, 0.4) is 0 Å². The Bertz CT molecular complexity index is 1070. The second-order valence-corrected chi connectivity index (χ2v) is 8.86. The summed E-state index contributed by atoms with van der Waals surface area (Å²) in [6.45, 7) is 8.98. The number of amides is 1. The molecule has 6 heteroatoms. The molecule has 2 aromatic carbocycles. The third-order valence-electron chi connectivity index (χ3n) is 6.55. The van der Waals surface area contributed by atoms with Crippen molar-refractivity contribution in [1.29, 1.82) is 0 Å². The van der Waals surface area contributed by atoms with Gasteiger partial charge in [-0.3, -0.25) is 9.69 Å². The van der Waals surface area contributed by atoms with Crippen molar-refractivity contribution in [2.24, 2.45) is 0 Å². The van der Waals surface area contributed by atoms with E-state index in [4.69, 9.17) is 4.74 Å². The maximum Gasteiger partial charge on any atom is 0.253 e. The van der Waals surface area contributed by atoms with Crippen LogP contribution in [0.2, 0.25) is 0 Å². The highest BCUT2D eigenvalue weighted by molar-refractivity contribution is 5.96. The summed E-state index contributed by atoms with van der Waals surface area (Å²) in [6, 6.07) is 20.1. The Morgan fingerprint density at radius 2 is 1.67 bits per heavy atom. The summed E-state index contributed by atoms with van der Waals surface area (Å²) in [5.74, 6) is 0.777. The van der Waals surface area contributed by atoms with E-state index in [2.05, 4.69) is 38.9 Å². The first kappa shape index (κ1) is 23.1. The van der Waals surface area contributed by atoms with E-state index in [1.54, 1.807) is 7.11 Å². The molecule has 1 atom stereocenters. The van der Waals surface area contributed by atoms with Gasteiger partial charge in [0.05, 0.1) is 18.7 Å². The molecule has 1 aliphatic heterocycles. The minimum absolute atomic E-state index is 0.0363. The molecular formula is C27H34N4O2. The molecule has 1 fully saturated rings. The average molecular weight is 447 g/mol. The van der Waals surface area contributed by atoms with Crippen LogP contribution >= 0.6 is 0 Å². The van der Waals surface area contributed by atoms with Crippen molar-refractivity contribution in [3.8, 4) is 11.4 Å². The van der Waals surface area contributed by atoms with Crippen LogP contribution in [0.1, 0.15) is 33.4 Å². The van der Waals surface area contributed by atoms with Gasteiger partial charge in [-0.2, -0.15) is 0 Å². The van der Waals surface area contributed by atoms with Gasteiger partial charge in [0, 0.05) is 49.8 Å². The van der Waals surface area contributed by atoms with Crippen LogP contribution in [0, 0.1) is 13.8 Å². The number of hydrogen-bond acceptors (Lipinski definition) is 4. The number of nitrogens with one attached hydrogen (secondary N) is 1. The van der Waals surface area contributed by atoms with E-state index in [9.17, 15) is 4.79 Å². The summed E-state index contributed by atoms with van der Waals surface area (Å²) in [5, 5.41) is 3.33. The Labute approximate surface area is 196 Å². The fourth-order valence-corrected chi connectivity index (χ4v) is 4.57. The molecule has 174 valence electrons. The normalized spacial score (nSPS) is 15.9. The molecule has 0 spiro atoms. The number of carbonyl (C=O) groups excluding carboxylic acids is 1. The van der Waals surface area contributed by atoms with E-state index in [0.29, 0.717) is 5.56 Å². The van der Waals surface area contributed by atoms with Crippen LogP contribution in [0.5, 0.6) is 5.75 Å². The first-order valence-corrected chi connectivity index (χ1v) is 11.6. The molecule has 1 amide bonds. The number of methoxy groups -OCH3 is 1. The Hall–Kier alpha value is -3.09. The highest BCUT2D eigenvalue weighted by Crippen LogP contribution is 2.24. The van der Waals surface area contributed by atoms with Gasteiger partial charge in [-0.25, -0.2) is 0 Å². The number of piperazine rings is 1. The molecule has 0 radical (unpaired) electrons. The predicted molar refractivity (Wildman–Crippen MR) is 132 cm³/mol. The molecule has 0 bridgehead atoms. The summed E-state index contributed by atoms with van der Waals surface area (Å²) in [6.07, 6.45) is 0. The largest absolute Gasteiger partial charge is 0.497 e. The van der Waals surface area contributed by atoms with Crippen molar-refractivity contribution in [3.63, 3.8) is 0 Å². The first-order chi connectivity index (χ1) is 16.0. The van der Waals surface area contributed by atoms with Crippen LogP contribution in [-0.4, -0.2) is 67.2 Å². The standard InChI is InChI=1S/C27H34N4O2/c1-20-18-25(21(2)31(20)23-10-12-24(33-4)13-11-23)27(32)28-26(22-8-6-5-7-9-22)19-30-16-14-29(3)15-17-30/h5-13,18,26H,14-17,19H2,1-4H3,(H,28,32). The Balaban J connectivity index is 1.56. The molecule has 0 saturated carbocycles. The highest BCUT2D eigenvalue weighted by Gasteiger charge is 2.24. The van der Waals surface area contributed by atoms with Gasteiger partial charge in [0.15, 0.2) is 0 Å². The van der Waals surface area contributed by atoms with Gasteiger partial charge >= 0.3 is 0 Å². The van der Waals surface area contributed by atoms with E-state index >= 15 is 0 Å². The zero-order valence-corrected chi connectivity index (χ0v) is 20.0. The molecule has 6 nitrogen and oxygen atoms in total. The molecule has 1 unspecified atom stereocenters. The summed E-state index contributed by atoms with van der Waals surface area (Å²) >= 11 is 0. The molecule has 1 N–H and O–H groups in total. The molecule has 3 aromatic rings. The highest BCUT2D eigenvalue weighted by atomic mass is 16.5. The van der Waals surface area contributed by atoms with Crippen molar-refractivity contribution in [3.05, 3.63) is 83.2 Å². The van der Waals surface area contributed by atoms with Gasteiger partial charge in [0.2, 0.25) is 0 Å². The van der Waals surface area contributed by atoms with Crippen molar-refractivity contribution < 1.29 is 9.53 Å². The summed E-state index contributed by atoms with van der Waals surface area (Å²) in [7, 11) is 3.82. The Morgan fingerprint density at radius 1 is 1.00 bits per heavy atom. The zero-order valence-electron chi connectivity index (χ0n) is 20.0. The van der Waals surface area contributed by atoms with Crippen molar-refractivity contribution in [2.45, 2.75) is 19.9 Å². The van der Waals surface area contributed by atoms with E-state index in [1.165, 1.54) is 0 Å². The molecule has 33 heavy (non-hydrogen) atoms. The number of hydrogen-bond donors (Lipinski definition) is 1. The van der Waals surface area contributed by atoms with Gasteiger partial charge in [0.1, 0.15) is 5.75 Å². The van der Waals surface area contributed by atoms with Gasteiger partial charge < -0.3 is 19.5 Å². The van der Waals surface area contributed by atoms with E-state index in [1.807, 2.05) is 62.4 Å². The van der Waals surface area contributed by atoms with Crippen LogP contribution in [0.25, 0.3) is 5.69 Å². The quantitative estimate of drug-likeness (QED) is 0.600. The van der Waals surface area contributed by atoms with E-state index in [0.717, 1.165) is 61.1 Å². The van der Waals surface area contributed by atoms with Crippen LogP contribution in [0.4, 0.5) is 0 Å². The van der Waals surface area contributed by atoms with E-state index < -0.39 is 0 Å². The maximum atomic E-state index is 13.5. The lowest BCUT2D eigenvalue weighted by molar-refractivity contribution is 0.0906. The fourth-order valence-electron chi connectivity index (χ4n) is 4.57. The van der Waals surface area contributed by atoms with Crippen molar-refractivity contribution in [2.75, 3.05) is 46.9 Å². The molecule has 1 aliphatic rings. The number of benzene rings is 2. The molecule has 2 heterocycles. The van der Waals surface area contributed by atoms with Crippen molar-refractivity contribution >= 4 is 5.91 Å². The minimum atomic E-state index is -0.0638. The third-order valence-corrected chi connectivity index (χ3v) is 6.55. The van der Waals surface area contributed by atoms with Gasteiger partial charge in [-0.1, -0.05) is 30.3 Å². The molecular weight excluding hydrogens is 412 g/mol. The number of nitrogens with zero attached hydrogens (tertiary/aromatic N) is 3. The average Bonchev–Trinajstić information content (AvgIpc) is 3.14. The van der Waals surface area contributed by atoms with Gasteiger partial charge in [-0.15, -0.1) is 0 Å². The smallest absolute Gasteiger partial charge is 0.253 e. The molecule has 4 rings (SSSR count). The lowest BCUT2D eigenvalue weighted by Crippen LogP contribution is -2.47. The first-order valence-electron chi connectivity index (χ1n) is 11.6. The minimum Gasteiger partial charge on any atom is -0.497 e. The SMILES string of the molecule is COc1ccc(-n2c(C)cc(C(=O)NC(CN3CCN(C)CC3)c3ccccc3)c2C)cc1. The fraction of sp³-hybridized carbons (Fsp3) is 0.370. The van der Waals surface area contributed by atoms with E-state index in [-0.39, 0.29) is 11.9 Å². The predicted octanol–water partition coefficient (Wildman–Crippen LogP) is 3.82. The van der Waals surface area contributed by atoms with Crippen LogP contribution in [-0.2, 0) is 0 Å². The monoisotopic (exact) mass is 446 g/mol. The second kappa shape index (κ2) is 10.2. The molecule has 1 aromatic heterocycles. The van der Waals surface area contributed by atoms with Gasteiger partial charge in [-0.05, 0) is 56.8 Å². The number of likely N-dealkylation sites (N-methyl/N-ethyl adjacent to an activating group) is 1. The topological polar surface area (TPSA) is 49.7 Å². The summed E-state index contributed by atoms with van der Waals surface area (Å²) in [5.41, 5.74) is 4.82. The maximum absolute atomic E-state index is 13.5. The number of aryl methyl sites for hydroxylation is 1. The lowest BCUT2D eigenvalue weighted by atomic mass is 10.0. The molecule has 0 aliphatic carbocycles. The van der Waals surface area contributed by atoms with Crippen molar-refractivity contribution in [1.82, 2.24) is 19.7 Å². The van der Waals surface area contributed by atoms with Crippen LogP contribution < -0.4 is 10.1 Å². The second-order valence-electron chi connectivity index (χ2n) is 8.86. The summed E-state index contributed by atoms with van der Waals surface area (Å²) in [4.78, 5) is 18.3. The number of rotatable bonds is 7. The summed E-state index contributed by atoms with van der Waals surface area (Å²) < 4.78 is 7.40. The molecule has 1 saturated heterocycles. The number of aromatic nitrogens is 1. The number of carbonyl (C=O) groups is 1. The zero-order chi connectivity index (χ0) is 23.4. The third kappa shape index (κ3) is 5.29. The Morgan fingerprint density at radius 3 is 2.30 bits per heavy atom. The van der Waals surface area contributed by atoms with Gasteiger partial charge in [0.25, 0.3) is 5.91 Å². The number of ether oxygens (including phenoxy) is 1. The Kier molecular flexibility index (Phi) is 7.16.